The topological polar surface area (TPSA) is 52.0 Å². The van der Waals surface area contributed by atoms with Gasteiger partial charge in [-0.15, -0.1) is 0 Å². The van der Waals surface area contributed by atoms with Gasteiger partial charge in [-0.3, -0.25) is 0 Å². The van der Waals surface area contributed by atoms with Gasteiger partial charge in [-0.25, -0.2) is 0 Å². The van der Waals surface area contributed by atoms with Crippen LogP contribution in [0, 0.1) is 0 Å². The van der Waals surface area contributed by atoms with Crippen molar-refractivity contribution in [2.24, 2.45) is 0 Å². The molecule has 0 atom stereocenters. The predicted molar refractivity (Wildman–Crippen MR) is 454 cm³/mol. The van der Waals surface area contributed by atoms with Crippen LogP contribution < -0.4 is 11.5 Å². The number of anilines is 2. The van der Waals surface area contributed by atoms with Crippen LogP contribution in [0.4, 0.5) is 11.4 Å². The van der Waals surface area contributed by atoms with E-state index < -0.39 is 0 Å². The molecule has 0 amide bonds. The fourth-order valence-corrected chi connectivity index (χ4v) is 16.2. The third-order valence-corrected chi connectivity index (χ3v) is 21.5. The van der Waals surface area contributed by atoms with E-state index >= 15 is 0 Å². The van der Waals surface area contributed by atoms with Gasteiger partial charge in [-0.1, -0.05) is 388 Å². The Balaban J connectivity index is 0.856. The van der Waals surface area contributed by atoms with Crippen LogP contribution in [0.1, 0.15) is 90.4 Å². The Bertz CT molecular complexity index is 5370. The van der Waals surface area contributed by atoms with Gasteiger partial charge in [0.2, 0.25) is 0 Å². The summed E-state index contributed by atoms with van der Waals surface area (Å²) in [6.45, 7) is 0. The van der Waals surface area contributed by atoms with Gasteiger partial charge in [0.15, 0.2) is 0 Å². The molecule has 0 aromatic heterocycles. The number of nitrogens with two attached hydrogens (primary N) is 2. The Morgan fingerprint density at radius 3 is 0.472 bits per heavy atom. The third-order valence-electron chi connectivity index (χ3n) is 21.5. The highest BCUT2D eigenvalue weighted by molar-refractivity contribution is 6.00. The molecule has 0 aliphatic carbocycles. The summed E-state index contributed by atoms with van der Waals surface area (Å²) >= 11 is 0. The van der Waals surface area contributed by atoms with Crippen molar-refractivity contribution in [1.29, 1.82) is 0 Å². The van der Waals surface area contributed by atoms with E-state index in [1.165, 1.54) is 66.8 Å². The SMILES string of the molecule is Nc1ccc(-c2cc(-c3ccc(C(c4ccccc4)c4ccccc4)cc3)c(-c3ccc(-c4cc(-c5ccc(C(c6ccccc6)c6ccccc6)cc5)c(-c5ccc(N)cc5)c(-c5ccc(C(c6ccccc6)c6ccccc6)cc5)c4)cc3)c(-c3ccc(C(c4ccccc4)c4ccccc4)cc3)c2)cc1. The molecule has 4 N–H and O–H groups in total. The molecule has 0 spiro atoms. The molecule has 108 heavy (non-hydrogen) atoms. The van der Waals surface area contributed by atoms with E-state index in [-0.39, 0.29) is 23.7 Å². The smallest absolute Gasteiger partial charge is 0.0339 e. The molecule has 0 aliphatic heterocycles. The van der Waals surface area contributed by atoms with Crippen LogP contribution >= 0.6 is 0 Å². The highest BCUT2D eigenvalue weighted by atomic mass is 14.5. The van der Waals surface area contributed by atoms with E-state index in [9.17, 15) is 0 Å². The summed E-state index contributed by atoms with van der Waals surface area (Å²) in [6.07, 6.45) is 0. The Labute approximate surface area is 634 Å². The molecule has 0 saturated heterocycles. The lowest BCUT2D eigenvalue weighted by molar-refractivity contribution is 0.978. The summed E-state index contributed by atoms with van der Waals surface area (Å²) in [5, 5.41) is 0. The van der Waals surface area contributed by atoms with Crippen molar-refractivity contribution in [2.75, 3.05) is 11.5 Å². The largest absolute Gasteiger partial charge is 0.399 e. The number of nitrogen functional groups attached to an aromatic ring is 2. The molecule has 17 aromatic rings. The first kappa shape index (κ1) is 67.5. The Kier molecular flexibility index (Phi) is 19.4. The average Bonchev–Trinajstić information content (AvgIpc) is 0.756. The number of rotatable bonds is 20. The van der Waals surface area contributed by atoms with E-state index in [1.807, 2.05) is 24.3 Å². The van der Waals surface area contributed by atoms with Gasteiger partial charge >= 0.3 is 0 Å². The number of hydrogen-bond donors (Lipinski definition) is 2. The zero-order valence-electron chi connectivity index (χ0n) is 60.0. The number of hydrogen-bond acceptors (Lipinski definition) is 2. The first-order valence-corrected chi connectivity index (χ1v) is 37.4. The molecule has 17 rings (SSSR count). The molecule has 0 unspecified atom stereocenters. The molecule has 0 radical (unpaired) electrons. The fourth-order valence-electron chi connectivity index (χ4n) is 16.2. The zero-order valence-corrected chi connectivity index (χ0v) is 60.0. The molecule has 2 heteroatoms. The summed E-state index contributed by atoms with van der Waals surface area (Å²) in [4.78, 5) is 0. The maximum atomic E-state index is 6.57. The van der Waals surface area contributed by atoms with Gasteiger partial charge < -0.3 is 11.5 Å². The molecule has 0 saturated carbocycles. The van der Waals surface area contributed by atoms with E-state index in [1.54, 1.807) is 0 Å². The van der Waals surface area contributed by atoms with Crippen molar-refractivity contribution in [2.45, 2.75) is 23.7 Å². The van der Waals surface area contributed by atoms with Crippen molar-refractivity contribution in [3.05, 3.63) is 504 Å². The second-order valence-electron chi connectivity index (χ2n) is 28.2. The minimum Gasteiger partial charge on any atom is -0.399 e. The first-order valence-electron chi connectivity index (χ1n) is 37.4. The van der Waals surface area contributed by atoms with E-state index in [4.69, 9.17) is 11.5 Å². The zero-order chi connectivity index (χ0) is 72.5. The summed E-state index contributed by atoms with van der Waals surface area (Å²) < 4.78 is 0. The van der Waals surface area contributed by atoms with Crippen LogP contribution in [-0.2, 0) is 0 Å². The highest BCUT2D eigenvalue weighted by Gasteiger charge is 2.26. The third kappa shape index (κ3) is 14.3. The van der Waals surface area contributed by atoms with Crippen LogP contribution in [0.3, 0.4) is 0 Å². The van der Waals surface area contributed by atoms with Crippen molar-refractivity contribution in [1.82, 2.24) is 0 Å². The Morgan fingerprint density at radius 2 is 0.278 bits per heavy atom. The minimum atomic E-state index is 0.0397. The van der Waals surface area contributed by atoms with Gasteiger partial charge in [0, 0.05) is 35.0 Å². The molecule has 0 fully saturated rings. The van der Waals surface area contributed by atoms with Gasteiger partial charge in [-0.05, 0) is 204 Å². The quantitative estimate of drug-likeness (QED) is 0.0590. The molecule has 514 valence electrons. The predicted octanol–water partition coefficient (Wildman–Crippen LogP) is 26.9. The summed E-state index contributed by atoms with van der Waals surface area (Å²) in [5.41, 5.74) is 47.1. The first-order chi connectivity index (χ1) is 53.4. The van der Waals surface area contributed by atoms with E-state index in [0.29, 0.717) is 5.69 Å². The molecule has 0 bridgehead atoms. The highest BCUT2D eigenvalue weighted by Crippen LogP contribution is 2.49. The van der Waals surface area contributed by atoms with Crippen LogP contribution in [0.5, 0.6) is 0 Å². The summed E-state index contributed by atoms with van der Waals surface area (Å²) in [7, 11) is 0. The van der Waals surface area contributed by atoms with Crippen LogP contribution in [0.15, 0.2) is 437 Å². The maximum absolute atomic E-state index is 6.57. The normalized spacial score (nSPS) is 11.4. The maximum Gasteiger partial charge on any atom is 0.0339 e. The standard InChI is InChI=1S/C106H80N2/c107-95-65-61-74(62-66-95)94-71-97(75-43-53-87(54-44-75)101(79-25-9-1-10-26-79)80-27-11-2-12-28-80)105(98(72-94)76-45-55-88(56-46-76)102(81-29-13-3-14-30-81)82-31-15-4-16-32-82)91-51-41-73(42-52-91)93-69-99(77-47-57-89(58-48-77)103(83-33-17-5-18-34-83)84-35-19-6-20-36-84)106(92-63-67-96(108)68-64-92)100(70-93)78-49-59-90(60-50-78)104(85-37-21-7-22-38-85)86-39-23-8-24-40-86/h1-72,101-104H,107-108H2. The molecular weight excluding hydrogens is 1300 g/mol. The lowest BCUT2D eigenvalue weighted by Gasteiger charge is -2.23. The van der Waals surface area contributed by atoms with Crippen LogP contribution in [0.2, 0.25) is 0 Å². The molecule has 17 aromatic carbocycles. The van der Waals surface area contributed by atoms with E-state index in [0.717, 1.165) is 94.7 Å². The van der Waals surface area contributed by atoms with Crippen molar-refractivity contribution < 1.29 is 0 Å². The van der Waals surface area contributed by atoms with Crippen molar-refractivity contribution in [3.8, 4) is 89.0 Å². The lowest BCUT2D eigenvalue weighted by atomic mass is 9.81. The Morgan fingerprint density at radius 1 is 0.130 bits per heavy atom. The molecule has 0 aliphatic rings. The Hall–Kier alpha value is -13.7. The minimum absolute atomic E-state index is 0.0397. The van der Waals surface area contributed by atoms with Crippen LogP contribution in [-0.4, -0.2) is 0 Å². The van der Waals surface area contributed by atoms with Crippen molar-refractivity contribution in [3.63, 3.8) is 0 Å². The molecule has 2 nitrogen and oxygen atoms in total. The summed E-state index contributed by atoms with van der Waals surface area (Å²) in [6, 6.07) is 160. The van der Waals surface area contributed by atoms with Gasteiger partial charge in [0.1, 0.15) is 0 Å². The van der Waals surface area contributed by atoms with Crippen molar-refractivity contribution >= 4 is 11.4 Å². The number of benzene rings is 17. The summed E-state index contributed by atoms with van der Waals surface area (Å²) in [5.74, 6) is 0.162. The van der Waals surface area contributed by atoms with E-state index in [2.05, 4.69) is 413 Å². The molecular formula is C106H80N2. The van der Waals surface area contributed by atoms with Gasteiger partial charge in [0.25, 0.3) is 0 Å². The lowest BCUT2D eigenvalue weighted by Crippen LogP contribution is -2.03. The monoisotopic (exact) mass is 1380 g/mol. The van der Waals surface area contributed by atoms with Gasteiger partial charge in [0.05, 0.1) is 0 Å². The van der Waals surface area contributed by atoms with Crippen LogP contribution in [0.25, 0.3) is 89.0 Å². The second kappa shape index (κ2) is 31.0. The second-order valence-corrected chi connectivity index (χ2v) is 28.2. The molecule has 0 heterocycles. The fraction of sp³-hybridized carbons (Fsp3) is 0.0377. The average molecular weight is 1380 g/mol. The van der Waals surface area contributed by atoms with Gasteiger partial charge in [-0.2, -0.15) is 0 Å².